The van der Waals surface area contributed by atoms with Crippen molar-refractivity contribution in [3.63, 3.8) is 0 Å². The zero-order valence-electron chi connectivity index (χ0n) is 6.34. The summed E-state index contributed by atoms with van der Waals surface area (Å²) >= 11 is 0. The van der Waals surface area contributed by atoms with Gasteiger partial charge < -0.3 is 4.52 Å². The van der Waals surface area contributed by atoms with E-state index in [-0.39, 0.29) is 0 Å². The van der Waals surface area contributed by atoms with Gasteiger partial charge >= 0.3 is 0 Å². The highest BCUT2D eigenvalue weighted by molar-refractivity contribution is 4.92. The van der Waals surface area contributed by atoms with Gasteiger partial charge in [-0.05, 0) is 6.42 Å². The number of hydrogen-bond donors (Lipinski definition) is 0. The fourth-order valence-electron chi connectivity index (χ4n) is 0.920. The van der Waals surface area contributed by atoms with Gasteiger partial charge in [-0.3, -0.25) is 0 Å². The van der Waals surface area contributed by atoms with Gasteiger partial charge in [0.15, 0.2) is 0 Å². The van der Waals surface area contributed by atoms with Crippen LogP contribution in [-0.4, -0.2) is 5.16 Å². The van der Waals surface area contributed by atoms with Crippen LogP contribution in [0.3, 0.4) is 0 Å². The molecule has 10 heavy (non-hydrogen) atoms. The number of nitrogens with zero attached hydrogens (tertiary/aromatic N) is 1. The fraction of sp³-hybridized carbons (Fsp3) is 0.625. The molecule has 1 rings (SSSR count). The number of unbranched alkanes of at least 4 members (excludes halogenated alkanes) is 2. The highest BCUT2D eigenvalue weighted by atomic mass is 16.5. The first kappa shape index (κ1) is 7.32. The molecule has 0 aromatic carbocycles. The van der Waals surface area contributed by atoms with E-state index < -0.39 is 0 Å². The number of aromatic nitrogens is 1. The van der Waals surface area contributed by atoms with E-state index >= 15 is 0 Å². The highest BCUT2D eigenvalue weighted by Crippen LogP contribution is 2.04. The Morgan fingerprint density at radius 3 is 3.00 bits per heavy atom. The van der Waals surface area contributed by atoms with E-state index in [2.05, 4.69) is 12.1 Å². The topological polar surface area (TPSA) is 26.0 Å². The largest absolute Gasteiger partial charge is 0.361 e. The van der Waals surface area contributed by atoms with Gasteiger partial charge in [0.2, 0.25) is 0 Å². The van der Waals surface area contributed by atoms with Crippen LogP contribution in [-0.2, 0) is 6.42 Å². The monoisotopic (exact) mass is 139 g/mol. The number of hydrogen-bond acceptors (Lipinski definition) is 2. The molecule has 0 N–H and O–H groups in total. The lowest BCUT2D eigenvalue weighted by Crippen LogP contribution is -1.80. The van der Waals surface area contributed by atoms with Crippen molar-refractivity contribution in [3.8, 4) is 0 Å². The minimum Gasteiger partial charge on any atom is -0.361 e. The minimum atomic E-state index is 1.01. The molecular weight excluding hydrogens is 126 g/mol. The summed E-state index contributed by atoms with van der Waals surface area (Å²) in [6, 6.07) is 1.93. The molecule has 0 saturated carbocycles. The average Bonchev–Trinajstić information content (AvgIpc) is 2.41. The summed E-state index contributed by atoms with van der Waals surface area (Å²) in [5, 5.41) is 3.63. The third-order valence-corrected chi connectivity index (χ3v) is 1.52. The van der Waals surface area contributed by atoms with E-state index in [9.17, 15) is 0 Å². The molecule has 0 radical (unpaired) electrons. The normalized spacial score (nSPS) is 10.1. The lowest BCUT2D eigenvalue weighted by Gasteiger charge is -1.91. The van der Waals surface area contributed by atoms with Gasteiger partial charge in [-0.25, -0.2) is 0 Å². The first-order chi connectivity index (χ1) is 4.93. The van der Waals surface area contributed by atoms with Gasteiger partial charge in [-0.15, -0.1) is 0 Å². The summed E-state index contributed by atoms with van der Waals surface area (Å²) in [6.45, 7) is 2.19. The molecule has 0 aliphatic rings. The van der Waals surface area contributed by atoms with Gasteiger partial charge in [0, 0.05) is 12.5 Å². The van der Waals surface area contributed by atoms with Crippen LogP contribution < -0.4 is 0 Å². The molecule has 0 fully saturated rings. The summed E-state index contributed by atoms with van der Waals surface area (Å²) in [5.41, 5.74) is 0. The van der Waals surface area contributed by atoms with Crippen LogP contribution in [0.5, 0.6) is 0 Å². The molecule has 2 heteroatoms. The molecule has 56 valence electrons. The van der Waals surface area contributed by atoms with E-state index in [1.54, 1.807) is 6.20 Å². The molecule has 1 heterocycles. The van der Waals surface area contributed by atoms with Crippen LogP contribution in [0.4, 0.5) is 0 Å². The molecule has 1 aromatic rings. The van der Waals surface area contributed by atoms with Gasteiger partial charge in [0.1, 0.15) is 5.76 Å². The first-order valence-corrected chi connectivity index (χ1v) is 3.83. The van der Waals surface area contributed by atoms with E-state index in [4.69, 9.17) is 4.52 Å². The molecular formula is C8H13NO. The van der Waals surface area contributed by atoms with Crippen LogP contribution in [0, 0.1) is 0 Å². The molecule has 2 nitrogen and oxygen atoms in total. The zero-order chi connectivity index (χ0) is 7.23. The minimum absolute atomic E-state index is 1.01. The Bertz CT molecular complexity index is 158. The number of aryl methyl sites for hydroxylation is 1. The maximum absolute atomic E-state index is 4.93. The van der Waals surface area contributed by atoms with Crippen molar-refractivity contribution in [2.24, 2.45) is 0 Å². The second-order valence-electron chi connectivity index (χ2n) is 2.44. The van der Waals surface area contributed by atoms with Crippen molar-refractivity contribution in [2.45, 2.75) is 32.6 Å². The van der Waals surface area contributed by atoms with Crippen molar-refractivity contribution in [3.05, 3.63) is 18.0 Å². The molecule has 0 spiro atoms. The van der Waals surface area contributed by atoms with Gasteiger partial charge in [-0.2, -0.15) is 0 Å². The van der Waals surface area contributed by atoms with Crippen molar-refractivity contribution in [1.82, 2.24) is 5.16 Å². The van der Waals surface area contributed by atoms with Crippen molar-refractivity contribution in [1.29, 1.82) is 0 Å². The average molecular weight is 139 g/mol. The second-order valence-corrected chi connectivity index (χ2v) is 2.44. The summed E-state index contributed by atoms with van der Waals surface area (Å²) in [5.74, 6) is 1.01. The highest BCUT2D eigenvalue weighted by Gasteiger charge is 1.94. The Morgan fingerprint density at radius 1 is 1.50 bits per heavy atom. The second kappa shape index (κ2) is 4.09. The summed E-state index contributed by atoms with van der Waals surface area (Å²) < 4.78 is 4.93. The molecule has 0 aliphatic heterocycles. The Hall–Kier alpha value is -0.790. The molecule has 1 aromatic heterocycles. The zero-order valence-corrected chi connectivity index (χ0v) is 6.34. The predicted molar refractivity (Wildman–Crippen MR) is 39.7 cm³/mol. The SMILES string of the molecule is CCCCCc1ccno1. The smallest absolute Gasteiger partial charge is 0.136 e. The van der Waals surface area contributed by atoms with Gasteiger partial charge in [0.05, 0.1) is 6.20 Å². The molecule has 0 aliphatic carbocycles. The Labute approximate surface area is 61.2 Å². The Balaban J connectivity index is 2.15. The quantitative estimate of drug-likeness (QED) is 0.599. The summed E-state index contributed by atoms with van der Waals surface area (Å²) in [4.78, 5) is 0. The van der Waals surface area contributed by atoms with Crippen molar-refractivity contribution < 1.29 is 4.52 Å². The van der Waals surface area contributed by atoms with E-state index in [0.717, 1.165) is 12.2 Å². The third-order valence-electron chi connectivity index (χ3n) is 1.52. The third kappa shape index (κ3) is 2.21. The molecule has 0 bridgehead atoms. The van der Waals surface area contributed by atoms with E-state index in [1.165, 1.54) is 19.3 Å². The lowest BCUT2D eigenvalue weighted by molar-refractivity contribution is 0.379. The van der Waals surface area contributed by atoms with Gasteiger partial charge in [0.25, 0.3) is 0 Å². The molecule has 0 amide bonds. The summed E-state index contributed by atoms with van der Waals surface area (Å²) in [6.07, 6.45) is 6.48. The molecule has 0 saturated heterocycles. The van der Waals surface area contributed by atoms with E-state index in [1.807, 2.05) is 6.07 Å². The first-order valence-electron chi connectivity index (χ1n) is 3.83. The van der Waals surface area contributed by atoms with Gasteiger partial charge in [-0.1, -0.05) is 24.9 Å². The van der Waals surface area contributed by atoms with Crippen LogP contribution in [0.2, 0.25) is 0 Å². The van der Waals surface area contributed by atoms with Crippen molar-refractivity contribution in [2.75, 3.05) is 0 Å². The standard InChI is InChI=1S/C8H13NO/c1-2-3-4-5-8-6-7-9-10-8/h6-7H,2-5H2,1H3. The van der Waals surface area contributed by atoms with E-state index in [0.29, 0.717) is 0 Å². The summed E-state index contributed by atoms with van der Waals surface area (Å²) in [7, 11) is 0. The maximum Gasteiger partial charge on any atom is 0.136 e. The Kier molecular flexibility index (Phi) is 3.00. The van der Waals surface area contributed by atoms with Crippen LogP contribution >= 0.6 is 0 Å². The maximum atomic E-state index is 4.93. The molecule has 0 unspecified atom stereocenters. The predicted octanol–water partition coefficient (Wildman–Crippen LogP) is 2.41. The molecule has 0 atom stereocenters. The number of rotatable bonds is 4. The fourth-order valence-corrected chi connectivity index (χ4v) is 0.920. The Morgan fingerprint density at radius 2 is 2.40 bits per heavy atom. The van der Waals surface area contributed by atoms with Crippen molar-refractivity contribution >= 4 is 0 Å². The van der Waals surface area contributed by atoms with Crippen LogP contribution in [0.15, 0.2) is 16.8 Å². The van der Waals surface area contributed by atoms with Crippen LogP contribution in [0.1, 0.15) is 31.9 Å². The van der Waals surface area contributed by atoms with Crippen LogP contribution in [0.25, 0.3) is 0 Å². The lowest BCUT2D eigenvalue weighted by atomic mass is 10.2.